The molecule has 0 spiro atoms. The summed E-state index contributed by atoms with van der Waals surface area (Å²) >= 11 is 0. The number of nitrogens with one attached hydrogen (secondary N) is 1. The summed E-state index contributed by atoms with van der Waals surface area (Å²) in [5, 5.41) is 3.59. The van der Waals surface area contributed by atoms with E-state index in [4.69, 9.17) is 0 Å². The van der Waals surface area contributed by atoms with Crippen LogP contribution in [0.15, 0.2) is 24.3 Å². The largest absolute Gasteiger partial charge is 0.385 e. The summed E-state index contributed by atoms with van der Waals surface area (Å²) in [6, 6.07) is 8.64. The average molecular weight is 218 g/mol. The highest BCUT2D eigenvalue weighted by Gasteiger charge is 2.17. The van der Waals surface area contributed by atoms with Gasteiger partial charge in [0.15, 0.2) is 0 Å². The third-order valence-electron chi connectivity index (χ3n) is 3.31. The third kappa shape index (κ3) is 2.99. The molecule has 1 aliphatic carbocycles. The Kier molecular flexibility index (Phi) is 3.83. The van der Waals surface area contributed by atoms with Gasteiger partial charge in [-0.25, -0.2) is 0 Å². The third-order valence-corrected chi connectivity index (χ3v) is 3.31. The van der Waals surface area contributed by atoms with Gasteiger partial charge in [0.05, 0.1) is 0 Å². The Bertz CT molecular complexity index is 329. The summed E-state index contributed by atoms with van der Waals surface area (Å²) in [5.41, 5.74) is 2.70. The van der Waals surface area contributed by atoms with E-state index in [0.717, 1.165) is 19.0 Å². The van der Waals surface area contributed by atoms with Crippen molar-refractivity contribution < 1.29 is 0 Å². The molecule has 0 aromatic heterocycles. The molecular formula is C14H22N2. The van der Waals surface area contributed by atoms with Gasteiger partial charge in [0, 0.05) is 18.8 Å². The Labute approximate surface area is 98.7 Å². The molecule has 1 saturated carbocycles. The van der Waals surface area contributed by atoms with E-state index in [9.17, 15) is 0 Å². The zero-order valence-electron chi connectivity index (χ0n) is 10.4. The molecule has 0 heterocycles. The predicted octanol–water partition coefficient (Wildman–Crippen LogP) is 2.96. The van der Waals surface area contributed by atoms with Crippen LogP contribution in [0.4, 0.5) is 5.69 Å². The number of hydrogen-bond acceptors (Lipinski definition) is 2. The summed E-state index contributed by atoms with van der Waals surface area (Å²) < 4.78 is 0. The fourth-order valence-electron chi connectivity index (χ4n) is 2.12. The van der Waals surface area contributed by atoms with Crippen LogP contribution in [0, 0.1) is 5.92 Å². The number of para-hydroxylation sites is 1. The molecule has 2 heteroatoms. The molecule has 0 radical (unpaired) electrons. The fourth-order valence-corrected chi connectivity index (χ4v) is 2.12. The van der Waals surface area contributed by atoms with Crippen LogP contribution in [-0.4, -0.2) is 25.5 Å². The van der Waals surface area contributed by atoms with Gasteiger partial charge in [-0.3, -0.25) is 0 Å². The smallest absolute Gasteiger partial charge is 0.0385 e. The summed E-state index contributed by atoms with van der Waals surface area (Å²) in [4.78, 5) is 2.21. The second kappa shape index (κ2) is 5.35. The quantitative estimate of drug-likeness (QED) is 0.817. The predicted molar refractivity (Wildman–Crippen MR) is 69.7 cm³/mol. The van der Waals surface area contributed by atoms with E-state index in [1.165, 1.54) is 30.5 Å². The van der Waals surface area contributed by atoms with Crippen LogP contribution < -0.4 is 5.32 Å². The fraction of sp³-hybridized carbons (Fsp3) is 0.571. The summed E-state index contributed by atoms with van der Waals surface area (Å²) in [6.45, 7) is 2.15. The number of nitrogens with zero attached hydrogens (tertiary/aromatic N) is 1. The first-order chi connectivity index (χ1) is 7.75. The van der Waals surface area contributed by atoms with Gasteiger partial charge in [0.2, 0.25) is 0 Å². The van der Waals surface area contributed by atoms with Gasteiger partial charge in [-0.1, -0.05) is 24.6 Å². The lowest BCUT2D eigenvalue weighted by atomic mass is 9.85. The van der Waals surface area contributed by atoms with Crippen LogP contribution in [-0.2, 0) is 6.54 Å². The molecule has 88 valence electrons. The summed E-state index contributed by atoms with van der Waals surface area (Å²) in [7, 11) is 4.23. The van der Waals surface area contributed by atoms with Crippen molar-refractivity contribution in [3.05, 3.63) is 29.8 Å². The van der Waals surface area contributed by atoms with E-state index in [1.807, 2.05) is 0 Å². The van der Waals surface area contributed by atoms with Crippen molar-refractivity contribution in [1.29, 1.82) is 0 Å². The van der Waals surface area contributed by atoms with Crippen LogP contribution in [0.1, 0.15) is 24.8 Å². The molecule has 2 nitrogen and oxygen atoms in total. The lowest BCUT2D eigenvalue weighted by Crippen LogP contribution is -2.22. The molecular weight excluding hydrogens is 196 g/mol. The number of benzene rings is 1. The Morgan fingerprint density at radius 3 is 2.62 bits per heavy atom. The van der Waals surface area contributed by atoms with E-state index in [0.29, 0.717) is 0 Å². The molecule has 0 saturated heterocycles. The highest BCUT2D eigenvalue weighted by atomic mass is 15.1. The van der Waals surface area contributed by atoms with Crippen molar-refractivity contribution in [3.63, 3.8) is 0 Å². The first-order valence-electron chi connectivity index (χ1n) is 6.22. The monoisotopic (exact) mass is 218 g/mol. The SMILES string of the molecule is CN(C)Cc1ccccc1NCC1CCC1. The maximum Gasteiger partial charge on any atom is 0.0385 e. The van der Waals surface area contributed by atoms with Crippen LogP contribution in [0.5, 0.6) is 0 Å². The number of anilines is 1. The molecule has 1 aliphatic rings. The van der Waals surface area contributed by atoms with Crippen LogP contribution in [0.3, 0.4) is 0 Å². The van der Waals surface area contributed by atoms with E-state index in [1.54, 1.807) is 0 Å². The Morgan fingerprint density at radius 2 is 2.00 bits per heavy atom. The molecule has 2 rings (SSSR count). The second-order valence-corrected chi connectivity index (χ2v) is 5.07. The molecule has 1 aromatic rings. The lowest BCUT2D eigenvalue weighted by molar-refractivity contribution is 0.333. The van der Waals surface area contributed by atoms with Gasteiger partial charge >= 0.3 is 0 Å². The van der Waals surface area contributed by atoms with Gasteiger partial charge in [-0.05, 0) is 44.5 Å². The molecule has 16 heavy (non-hydrogen) atoms. The first kappa shape index (κ1) is 11.5. The van der Waals surface area contributed by atoms with Crippen molar-refractivity contribution in [2.24, 2.45) is 5.92 Å². The highest BCUT2D eigenvalue weighted by Crippen LogP contribution is 2.27. The van der Waals surface area contributed by atoms with Crippen molar-refractivity contribution in [3.8, 4) is 0 Å². The molecule has 0 atom stereocenters. The van der Waals surface area contributed by atoms with Crippen LogP contribution in [0.25, 0.3) is 0 Å². The minimum atomic E-state index is 0.910. The summed E-state index contributed by atoms with van der Waals surface area (Å²) in [6.07, 6.45) is 4.23. The van der Waals surface area contributed by atoms with Gasteiger partial charge in [0.1, 0.15) is 0 Å². The number of rotatable bonds is 5. The van der Waals surface area contributed by atoms with Gasteiger partial charge in [-0.15, -0.1) is 0 Å². The summed E-state index contributed by atoms with van der Waals surface area (Å²) in [5.74, 6) is 0.910. The molecule has 0 amide bonds. The molecule has 1 fully saturated rings. The van der Waals surface area contributed by atoms with E-state index in [2.05, 4.69) is 48.6 Å². The molecule has 1 aromatic carbocycles. The Balaban J connectivity index is 1.94. The standard InChI is InChI=1S/C14H22N2/c1-16(2)11-13-8-3-4-9-14(13)15-10-12-6-5-7-12/h3-4,8-9,12,15H,5-7,10-11H2,1-2H3. The normalized spacial score (nSPS) is 16.2. The van der Waals surface area contributed by atoms with E-state index in [-0.39, 0.29) is 0 Å². The molecule has 1 N–H and O–H groups in total. The van der Waals surface area contributed by atoms with Crippen LogP contribution in [0.2, 0.25) is 0 Å². The van der Waals surface area contributed by atoms with Gasteiger partial charge in [-0.2, -0.15) is 0 Å². The van der Waals surface area contributed by atoms with Gasteiger partial charge < -0.3 is 10.2 Å². The molecule has 0 bridgehead atoms. The first-order valence-corrected chi connectivity index (χ1v) is 6.22. The van der Waals surface area contributed by atoms with Crippen molar-refractivity contribution in [1.82, 2.24) is 4.90 Å². The highest BCUT2D eigenvalue weighted by molar-refractivity contribution is 5.51. The average Bonchev–Trinajstić information content (AvgIpc) is 2.17. The maximum atomic E-state index is 3.59. The van der Waals surface area contributed by atoms with Crippen molar-refractivity contribution >= 4 is 5.69 Å². The van der Waals surface area contributed by atoms with Crippen molar-refractivity contribution in [2.45, 2.75) is 25.8 Å². The van der Waals surface area contributed by atoms with Crippen LogP contribution >= 0.6 is 0 Å². The second-order valence-electron chi connectivity index (χ2n) is 5.07. The Morgan fingerprint density at radius 1 is 1.25 bits per heavy atom. The zero-order valence-corrected chi connectivity index (χ0v) is 10.4. The maximum absolute atomic E-state index is 3.59. The minimum Gasteiger partial charge on any atom is -0.385 e. The van der Waals surface area contributed by atoms with Crippen molar-refractivity contribution in [2.75, 3.05) is 26.0 Å². The molecule has 0 unspecified atom stereocenters. The van der Waals surface area contributed by atoms with E-state index < -0.39 is 0 Å². The zero-order chi connectivity index (χ0) is 11.4. The minimum absolute atomic E-state index is 0.910. The van der Waals surface area contributed by atoms with E-state index >= 15 is 0 Å². The number of hydrogen-bond donors (Lipinski definition) is 1. The molecule has 0 aliphatic heterocycles. The lowest BCUT2D eigenvalue weighted by Gasteiger charge is -2.26. The topological polar surface area (TPSA) is 15.3 Å². The van der Waals surface area contributed by atoms with Gasteiger partial charge in [0.25, 0.3) is 0 Å². The Hall–Kier alpha value is -1.02.